The minimum absolute atomic E-state index is 0.0602. The normalized spacial score (nSPS) is 21.2. The number of oxazole rings is 1. The van der Waals surface area contributed by atoms with Gasteiger partial charge in [0, 0.05) is 36.3 Å². The van der Waals surface area contributed by atoms with Crippen molar-refractivity contribution in [3.8, 4) is 22.8 Å². The molecule has 0 aliphatic carbocycles. The topological polar surface area (TPSA) is 58.4 Å². The molecule has 2 saturated heterocycles. The lowest BCUT2D eigenvalue weighted by atomic mass is 10.0. The molecule has 148 valence electrons. The first kappa shape index (κ1) is 18.1. The van der Waals surface area contributed by atoms with Gasteiger partial charge in [-0.15, -0.1) is 0 Å². The number of carbonyl (C=O) groups excluding carboxylic acids is 1. The van der Waals surface area contributed by atoms with E-state index in [4.69, 9.17) is 4.42 Å². The van der Waals surface area contributed by atoms with Gasteiger partial charge in [-0.05, 0) is 38.3 Å². The van der Waals surface area contributed by atoms with Crippen molar-refractivity contribution in [2.45, 2.75) is 38.3 Å². The quantitative estimate of drug-likeness (QED) is 0.729. The molecule has 1 amide bonds. The van der Waals surface area contributed by atoms with E-state index in [1.54, 1.807) is 6.20 Å². The summed E-state index contributed by atoms with van der Waals surface area (Å²) in [6, 6.07) is 16.7. The summed E-state index contributed by atoms with van der Waals surface area (Å²) in [6.45, 7) is 3.62. The number of hydrogen-bond donors (Lipinski definition) is 1. The standard InChI is InChI=1S/C24H25N3O2/c1-16-6-8-17(9-7-16)22-14-25-23(29-22)20-4-2-3-5-21(20)24(28)27-13-12-18-10-11-19(15-27)26-18/h2-9,14,18-19,26H,10-13,15H2,1H3. The summed E-state index contributed by atoms with van der Waals surface area (Å²) in [7, 11) is 0. The van der Waals surface area contributed by atoms with Crippen molar-refractivity contribution in [1.29, 1.82) is 0 Å². The first-order valence-corrected chi connectivity index (χ1v) is 10.3. The average Bonchev–Trinajstić information content (AvgIpc) is 3.35. The van der Waals surface area contributed by atoms with Crippen LogP contribution in [-0.2, 0) is 0 Å². The zero-order valence-corrected chi connectivity index (χ0v) is 16.6. The molecule has 2 atom stereocenters. The molecule has 2 fully saturated rings. The number of carbonyl (C=O) groups is 1. The average molecular weight is 387 g/mol. The van der Waals surface area contributed by atoms with Gasteiger partial charge in [-0.1, -0.05) is 42.0 Å². The monoisotopic (exact) mass is 387 g/mol. The van der Waals surface area contributed by atoms with E-state index in [9.17, 15) is 4.79 Å². The van der Waals surface area contributed by atoms with Crippen molar-refractivity contribution in [2.75, 3.05) is 13.1 Å². The number of likely N-dealkylation sites (tertiary alicyclic amines) is 1. The molecule has 2 unspecified atom stereocenters. The van der Waals surface area contributed by atoms with Crippen LogP contribution in [0.4, 0.5) is 0 Å². The lowest BCUT2D eigenvalue weighted by Gasteiger charge is -2.25. The Kier molecular flexibility index (Phi) is 4.68. The first-order valence-electron chi connectivity index (χ1n) is 10.3. The van der Waals surface area contributed by atoms with Gasteiger partial charge in [0.15, 0.2) is 5.76 Å². The fourth-order valence-electron chi connectivity index (χ4n) is 4.40. The molecule has 2 aliphatic rings. The third-order valence-electron chi connectivity index (χ3n) is 6.04. The zero-order chi connectivity index (χ0) is 19.8. The van der Waals surface area contributed by atoms with Gasteiger partial charge in [-0.3, -0.25) is 4.79 Å². The van der Waals surface area contributed by atoms with Gasteiger partial charge in [0.1, 0.15) is 0 Å². The Labute approximate surface area is 170 Å². The van der Waals surface area contributed by atoms with Gasteiger partial charge in [-0.25, -0.2) is 4.98 Å². The van der Waals surface area contributed by atoms with Crippen LogP contribution in [0.3, 0.4) is 0 Å². The van der Waals surface area contributed by atoms with Crippen molar-refractivity contribution < 1.29 is 9.21 Å². The molecule has 2 bridgehead atoms. The Morgan fingerprint density at radius 3 is 2.72 bits per heavy atom. The van der Waals surface area contributed by atoms with Crippen LogP contribution in [0.1, 0.15) is 35.2 Å². The molecule has 5 heteroatoms. The summed E-state index contributed by atoms with van der Waals surface area (Å²) in [5.41, 5.74) is 3.58. The van der Waals surface area contributed by atoms with Crippen LogP contribution in [0, 0.1) is 6.92 Å². The minimum atomic E-state index is 0.0602. The second-order valence-electron chi connectivity index (χ2n) is 8.12. The number of amides is 1. The van der Waals surface area contributed by atoms with Crippen molar-refractivity contribution in [2.24, 2.45) is 0 Å². The fraction of sp³-hybridized carbons (Fsp3) is 0.333. The maximum absolute atomic E-state index is 13.4. The number of rotatable bonds is 3. The summed E-state index contributed by atoms with van der Waals surface area (Å²) in [5.74, 6) is 1.25. The molecular formula is C24H25N3O2. The number of nitrogens with one attached hydrogen (secondary N) is 1. The Bertz CT molecular complexity index is 1020. The van der Waals surface area contributed by atoms with Gasteiger partial charge in [0.25, 0.3) is 5.91 Å². The van der Waals surface area contributed by atoms with Gasteiger partial charge in [0.2, 0.25) is 5.89 Å². The Morgan fingerprint density at radius 1 is 1.07 bits per heavy atom. The predicted molar refractivity (Wildman–Crippen MR) is 113 cm³/mol. The van der Waals surface area contributed by atoms with Gasteiger partial charge < -0.3 is 14.6 Å². The van der Waals surface area contributed by atoms with E-state index >= 15 is 0 Å². The van der Waals surface area contributed by atoms with E-state index in [0.717, 1.165) is 37.1 Å². The largest absolute Gasteiger partial charge is 0.436 e. The lowest BCUT2D eigenvalue weighted by Crippen LogP contribution is -2.39. The number of fused-ring (bicyclic) bond motifs is 2. The highest BCUT2D eigenvalue weighted by atomic mass is 16.4. The van der Waals surface area contributed by atoms with Crippen molar-refractivity contribution in [3.63, 3.8) is 0 Å². The Balaban J connectivity index is 1.44. The van der Waals surface area contributed by atoms with Crippen LogP contribution in [-0.4, -0.2) is 41.0 Å². The number of aryl methyl sites for hydroxylation is 1. The summed E-state index contributed by atoms with van der Waals surface area (Å²) >= 11 is 0. The Morgan fingerprint density at radius 2 is 1.86 bits per heavy atom. The van der Waals surface area contributed by atoms with E-state index < -0.39 is 0 Å². The van der Waals surface area contributed by atoms with E-state index in [2.05, 4.69) is 29.4 Å². The third kappa shape index (κ3) is 3.58. The Hall–Kier alpha value is -2.92. The van der Waals surface area contributed by atoms with Crippen LogP contribution in [0.5, 0.6) is 0 Å². The fourth-order valence-corrected chi connectivity index (χ4v) is 4.40. The van der Waals surface area contributed by atoms with E-state index in [-0.39, 0.29) is 5.91 Å². The second kappa shape index (κ2) is 7.48. The smallest absolute Gasteiger partial charge is 0.254 e. The number of nitrogens with zero attached hydrogens (tertiary/aromatic N) is 2. The van der Waals surface area contributed by atoms with Crippen molar-refractivity contribution >= 4 is 5.91 Å². The second-order valence-corrected chi connectivity index (χ2v) is 8.12. The molecule has 5 rings (SSSR count). The van der Waals surface area contributed by atoms with Crippen LogP contribution >= 0.6 is 0 Å². The predicted octanol–water partition coefficient (Wildman–Crippen LogP) is 4.28. The van der Waals surface area contributed by atoms with E-state index in [1.165, 1.54) is 12.0 Å². The number of benzene rings is 2. The van der Waals surface area contributed by atoms with Gasteiger partial charge >= 0.3 is 0 Å². The van der Waals surface area contributed by atoms with Crippen LogP contribution in [0.25, 0.3) is 22.8 Å². The molecule has 0 spiro atoms. The molecule has 29 heavy (non-hydrogen) atoms. The van der Waals surface area contributed by atoms with E-state index in [0.29, 0.717) is 29.3 Å². The molecule has 0 radical (unpaired) electrons. The molecule has 3 heterocycles. The molecule has 1 N–H and O–H groups in total. The lowest BCUT2D eigenvalue weighted by molar-refractivity contribution is 0.0748. The van der Waals surface area contributed by atoms with Gasteiger partial charge in [-0.2, -0.15) is 0 Å². The highest BCUT2D eigenvalue weighted by molar-refractivity contribution is 6.00. The van der Waals surface area contributed by atoms with Crippen molar-refractivity contribution in [1.82, 2.24) is 15.2 Å². The molecule has 2 aromatic carbocycles. The summed E-state index contributed by atoms with van der Waals surface area (Å²) in [5, 5.41) is 3.64. The number of aromatic nitrogens is 1. The molecule has 1 aromatic heterocycles. The first-order chi connectivity index (χ1) is 14.2. The molecule has 2 aliphatic heterocycles. The number of hydrogen-bond acceptors (Lipinski definition) is 4. The molecular weight excluding hydrogens is 362 g/mol. The highest BCUT2D eigenvalue weighted by Crippen LogP contribution is 2.30. The summed E-state index contributed by atoms with van der Waals surface area (Å²) < 4.78 is 6.05. The minimum Gasteiger partial charge on any atom is -0.436 e. The summed E-state index contributed by atoms with van der Waals surface area (Å²) in [4.78, 5) is 19.8. The zero-order valence-electron chi connectivity index (χ0n) is 16.6. The van der Waals surface area contributed by atoms with Gasteiger partial charge in [0.05, 0.1) is 11.8 Å². The van der Waals surface area contributed by atoms with Crippen molar-refractivity contribution in [3.05, 3.63) is 65.9 Å². The maximum Gasteiger partial charge on any atom is 0.254 e. The summed E-state index contributed by atoms with van der Waals surface area (Å²) in [6.07, 6.45) is 5.12. The van der Waals surface area contributed by atoms with Crippen LogP contribution in [0.2, 0.25) is 0 Å². The SMILES string of the molecule is Cc1ccc(-c2cnc(-c3ccccc3C(=O)N3CCC4CCC(C3)N4)o2)cc1. The maximum atomic E-state index is 13.4. The van der Waals surface area contributed by atoms with Crippen LogP contribution in [0.15, 0.2) is 59.1 Å². The molecule has 3 aromatic rings. The van der Waals surface area contributed by atoms with Crippen LogP contribution < -0.4 is 5.32 Å². The third-order valence-corrected chi connectivity index (χ3v) is 6.04. The molecule has 0 saturated carbocycles. The molecule has 5 nitrogen and oxygen atoms in total. The van der Waals surface area contributed by atoms with E-state index in [1.807, 2.05) is 41.3 Å². The highest BCUT2D eigenvalue weighted by Gasteiger charge is 2.32.